The highest BCUT2D eigenvalue weighted by Crippen LogP contribution is 2.34. The first-order valence-electron chi connectivity index (χ1n) is 12.8. The fraction of sp³-hybridized carbons (Fsp3) is 0.0968. The van der Waals surface area contributed by atoms with Gasteiger partial charge in [-0.2, -0.15) is 4.98 Å². The fourth-order valence-corrected chi connectivity index (χ4v) is 4.60. The third kappa shape index (κ3) is 5.64. The zero-order valence-electron chi connectivity index (χ0n) is 23.2. The number of nitrogen functional groups attached to an aromatic ring is 2. The van der Waals surface area contributed by atoms with Crippen LogP contribution < -0.4 is 31.1 Å². The zero-order valence-corrected chi connectivity index (χ0v) is 23.2. The molecular formula is C31H23F2N5O6. The number of methoxy groups -OCH3 is 2. The standard InChI is InChI=1S/C31H23F2N5O6/c1-42-23-12-16(11-18-14-36-30(35)37-29(18)34)10-17(28(23)43-2)8-9-20-22(32)13-21-26(25(20)33)38(19-6-4-3-5-7-19)15-24(27(21)39)44-31(40)41/h3-7,10,12-15H,11H2,1-2H3,(H,40,41)(H4,34,35,36,37). The number of rotatable bonds is 6. The summed E-state index contributed by atoms with van der Waals surface area (Å²) in [7, 11) is 2.81. The number of hydrogen-bond acceptors (Lipinski definition) is 9. The maximum Gasteiger partial charge on any atom is 0.511 e. The van der Waals surface area contributed by atoms with E-state index in [1.54, 1.807) is 42.5 Å². The van der Waals surface area contributed by atoms with E-state index in [4.69, 9.17) is 26.0 Å². The van der Waals surface area contributed by atoms with Crippen LogP contribution in [-0.4, -0.2) is 40.0 Å². The highest BCUT2D eigenvalue weighted by Gasteiger charge is 2.22. The van der Waals surface area contributed by atoms with Gasteiger partial charge >= 0.3 is 6.16 Å². The van der Waals surface area contributed by atoms with Crippen LogP contribution in [0.2, 0.25) is 0 Å². The van der Waals surface area contributed by atoms with Crippen molar-refractivity contribution in [1.29, 1.82) is 0 Å². The van der Waals surface area contributed by atoms with Gasteiger partial charge < -0.3 is 35.4 Å². The molecule has 2 aromatic heterocycles. The minimum Gasteiger partial charge on any atom is -0.493 e. The van der Waals surface area contributed by atoms with E-state index >= 15 is 8.78 Å². The lowest BCUT2D eigenvalue weighted by atomic mass is 10.0. The average Bonchev–Trinajstić information content (AvgIpc) is 3.00. The van der Waals surface area contributed by atoms with Crippen molar-refractivity contribution in [2.24, 2.45) is 0 Å². The Kier molecular flexibility index (Phi) is 7.99. The number of hydrogen-bond donors (Lipinski definition) is 3. The van der Waals surface area contributed by atoms with Crippen LogP contribution in [0.3, 0.4) is 0 Å². The Morgan fingerprint density at radius 1 is 1.05 bits per heavy atom. The summed E-state index contributed by atoms with van der Waals surface area (Å²) in [5, 5.41) is 8.64. The van der Waals surface area contributed by atoms with E-state index in [9.17, 15) is 9.59 Å². The van der Waals surface area contributed by atoms with Crippen molar-refractivity contribution in [2.75, 3.05) is 25.7 Å². The molecule has 0 spiro atoms. The maximum atomic E-state index is 16.2. The molecule has 0 aliphatic carbocycles. The van der Waals surface area contributed by atoms with Crippen molar-refractivity contribution < 1.29 is 32.9 Å². The second-order valence-corrected chi connectivity index (χ2v) is 9.28. The Balaban J connectivity index is 1.70. The number of para-hydroxylation sites is 1. The average molecular weight is 600 g/mol. The van der Waals surface area contributed by atoms with E-state index in [1.165, 1.54) is 25.0 Å². The predicted octanol–water partition coefficient (Wildman–Crippen LogP) is 4.29. The van der Waals surface area contributed by atoms with Gasteiger partial charge in [0.1, 0.15) is 11.6 Å². The molecule has 0 amide bonds. The number of pyridine rings is 1. The molecule has 0 atom stereocenters. The largest absolute Gasteiger partial charge is 0.511 e. The lowest BCUT2D eigenvalue weighted by Crippen LogP contribution is -2.17. The molecule has 44 heavy (non-hydrogen) atoms. The van der Waals surface area contributed by atoms with Crippen LogP contribution in [0.5, 0.6) is 17.2 Å². The predicted molar refractivity (Wildman–Crippen MR) is 157 cm³/mol. The van der Waals surface area contributed by atoms with Gasteiger partial charge in [0.25, 0.3) is 0 Å². The first-order chi connectivity index (χ1) is 21.1. The summed E-state index contributed by atoms with van der Waals surface area (Å²) in [6, 6.07) is 12.3. The van der Waals surface area contributed by atoms with Crippen molar-refractivity contribution in [3.63, 3.8) is 0 Å². The monoisotopic (exact) mass is 599 g/mol. The van der Waals surface area contributed by atoms with E-state index in [1.807, 2.05) is 0 Å². The molecule has 0 fully saturated rings. The Hall–Kier alpha value is -6.16. The number of benzene rings is 3. The van der Waals surface area contributed by atoms with Gasteiger partial charge in [-0.25, -0.2) is 18.6 Å². The number of aromatic nitrogens is 3. The van der Waals surface area contributed by atoms with Crippen LogP contribution in [0.4, 0.5) is 25.3 Å². The minimum absolute atomic E-state index is 0.0212. The molecule has 3 aromatic carbocycles. The van der Waals surface area contributed by atoms with Crippen LogP contribution in [-0.2, 0) is 6.42 Å². The van der Waals surface area contributed by atoms with E-state index in [-0.39, 0.29) is 35.0 Å². The number of anilines is 2. The summed E-state index contributed by atoms with van der Waals surface area (Å²) in [6.45, 7) is 0. The molecule has 0 saturated carbocycles. The van der Waals surface area contributed by atoms with Gasteiger partial charge in [-0.15, -0.1) is 0 Å². The van der Waals surface area contributed by atoms with Gasteiger partial charge in [-0.3, -0.25) is 4.79 Å². The zero-order chi connectivity index (χ0) is 31.5. The summed E-state index contributed by atoms with van der Waals surface area (Å²) in [6.07, 6.45) is 1.00. The van der Waals surface area contributed by atoms with Crippen molar-refractivity contribution in [3.8, 4) is 34.8 Å². The third-order valence-corrected chi connectivity index (χ3v) is 6.55. The molecular weight excluding hydrogens is 576 g/mol. The number of carbonyl (C=O) groups is 1. The maximum absolute atomic E-state index is 16.2. The molecule has 222 valence electrons. The lowest BCUT2D eigenvalue weighted by molar-refractivity contribution is 0.144. The molecule has 5 rings (SSSR count). The summed E-state index contributed by atoms with van der Waals surface area (Å²) >= 11 is 0. The summed E-state index contributed by atoms with van der Waals surface area (Å²) in [5.74, 6) is 3.06. The molecule has 0 bridgehead atoms. The topological polar surface area (TPSA) is 165 Å². The van der Waals surface area contributed by atoms with Crippen molar-refractivity contribution in [1.82, 2.24) is 14.5 Å². The molecule has 13 heteroatoms. The van der Waals surface area contributed by atoms with Crippen molar-refractivity contribution in [3.05, 3.63) is 105 Å². The number of nitrogens with zero attached hydrogens (tertiary/aromatic N) is 3. The number of ether oxygens (including phenoxy) is 3. The SMILES string of the molecule is COc1cc(Cc2cnc(N)nc2N)cc(C#Cc2c(F)cc3c(=O)c(OC(=O)O)cn(-c4ccccc4)c3c2F)c1OC. The van der Waals surface area contributed by atoms with Gasteiger partial charge in [0.05, 0.1) is 42.4 Å². The Bertz CT molecular complexity index is 2060. The third-order valence-electron chi connectivity index (χ3n) is 6.55. The van der Waals surface area contributed by atoms with Crippen molar-refractivity contribution >= 4 is 28.8 Å². The Morgan fingerprint density at radius 2 is 1.80 bits per heavy atom. The van der Waals surface area contributed by atoms with Crippen LogP contribution in [0.25, 0.3) is 16.6 Å². The number of fused-ring (bicyclic) bond motifs is 1. The number of halogens is 2. The van der Waals surface area contributed by atoms with Gasteiger partial charge in [-0.1, -0.05) is 30.0 Å². The Morgan fingerprint density at radius 3 is 2.45 bits per heavy atom. The molecule has 2 heterocycles. The molecule has 0 aliphatic rings. The normalized spacial score (nSPS) is 10.6. The summed E-state index contributed by atoms with van der Waals surface area (Å²) < 4.78 is 48.3. The van der Waals surface area contributed by atoms with Crippen LogP contribution in [0, 0.1) is 23.5 Å². The molecule has 0 aliphatic heterocycles. The quantitative estimate of drug-likeness (QED) is 0.189. The highest BCUT2D eigenvalue weighted by molar-refractivity contribution is 5.85. The van der Waals surface area contributed by atoms with Crippen LogP contribution >= 0.6 is 0 Å². The second kappa shape index (κ2) is 12.0. The van der Waals surface area contributed by atoms with Crippen LogP contribution in [0.1, 0.15) is 22.3 Å². The van der Waals surface area contributed by atoms with Gasteiger partial charge in [-0.05, 0) is 35.9 Å². The number of carboxylic acid groups (broad SMARTS) is 1. The van der Waals surface area contributed by atoms with Gasteiger partial charge in [0, 0.05) is 23.9 Å². The van der Waals surface area contributed by atoms with E-state index in [0.717, 1.165) is 12.3 Å². The molecule has 0 unspecified atom stereocenters. The Labute approximate surface area is 248 Å². The van der Waals surface area contributed by atoms with Gasteiger partial charge in [0.2, 0.25) is 11.4 Å². The van der Waals surface area contributed by atoms with E-state index in [0.29, 0.717) is 22.6 Å². The molecule has 0 radical (unpaired) electrons. The lowest BCUT2D eigenvalue weighted by Gasteiger charge is -2.15. The summed E-state index contributed by atoms with van der Waals surface area (Å²) in [4.78, 5) is 32.1. The van der Waals surface area contributed by atoms with E-state index in [2.05, 4.69) is 26.5 Å². The fourth-order valence-electron chi connectivity index (χ4n) is 4.60. The highest BCUT2D eigenvalue weighted by atomic mass is 19.1. The summed E-state index contributed by atoms with van der Waals surface area (Å²) in [5.41, 5.74) is 11.4. The van der Waals surface area contributed by atoms with Crippen molar-refractivity contribution in [2.45, 2.75) is 6.42 Å². The smallest absolute Gasteiger partial charge is 0.493 e. The first kappa shape index (κ1) is 29.3. The number of nitrogens with two attached hydrogens (primary N) is 2. The molecule has 5 N–H and O–H groups in total. The van der Waals surface area contributed by atoms with Gasteiger partial charge in [0.15, 0.2) is 23.1 Å². The molecule has 5 aromatic rings. The van der Waals surface area contributed by atoms with E-state index < -0.39 is 39.9 Å². The minimum atomic E-state index is -1.76. The van der Waals surface area contributed by atoms with Crippen LogP contribution in [0.15, 0.2) is 65.7 Å². The second-order valence-electron chi connectivity index (χ2n) is 9.28. The first-order valence-corrected chi connectivity index (χ1v) is 12.8. The molecule has 11 nitrogen and oxygen atoms in total. The molecule has 0 saturated heterocycles.